The summed E-state index contributed by atoms with van der Waals surface area (Å²) in [7, 11) is 0. The molecule has 1 aromatic carbocycles. The molecule has 1 atom stereocenters. The van der Waals surface area contributed by atoms with Crippen LogP contribution in [0.3, 0.4) is 0 Å². The van der Waals surface area contributed by atoms with E-state index in [1.165, 1.54) is 12.3 Å². The van der Waals surface area contributed by atoms with Crippen LogP contribution >= 0.6 is 0 Å². The van der Waals surface area contributed by atoms with Crippen LogP contribution in [0.2, 0.25) is 0 Å². The van der Waals surface area contributed by atoms with Crippen molar-refractivity contribution >= 4 is 0 Å². The van der Waals surface area contributed by atoms with Gasteiger partial charge in [0, 0.05) is 18.4 Å². The first-order chi connectivity index (χ1) is 10.9. The van der Waals surface area contributed by atoms with Crippen LogP contribution in [0.1, 0.15) is 23.2 Å². The minimum atomic E-state index is -4.21. The second-order valence-corrected chi connectivity index (χ2v) is 5.67. The predicted octanol–water partition coefficient (Wildman–Crippen LogP) is 3.41. The van der Waals surface area contributed by atoms with Crippen LogP contribution in [0, 0.1) is 11.7 Å². The predicted molar refractivity (Wildman–Crippen MR) is 76.9 cm³/mol. The van der Waals surface area contributed by atoms with Gasteiger partial charge in [-0.2, -0.15) is 13.2 Å². The average molecular weight is 325 g/mol. The van der Waals surface area contributed by atoms with E-state index in [4.69, 9.17) is 5.73 Å². The van der Waals surface area contributed by atoms with E-state index < -0.39 is 17.9 Å². The maximum Gasteiger partial charge on any atom is 0.392 e. The van der Waals surface area contributed by atoms with Crippen molar-refractivity contribution in [2.45, 2.75) is 32.0 Å². The van der Waals surface area contributed by atoms with Crippen LogP contribution in [-0.2, 0) is 19.4 Å². The Labute approximate surface area is 130 Å². The summed E-state index contributed by atoms with van der Waals surface area (Å²) >= 11 is 0. The van der Waals surface area contributed by atoms with Crippen molar-refractivity contribution in [3.63, 3.8) is 0 Å². The maximum absolute atomic E-state index is 14.1. The molecule has 1 unspecified atom stereocenters. The minimum absolute atomic E-state index is 0.00153. The summed E-state index contributed by atoms with van der Waals surface area (Å²) in [5.74, 6) is -1.66. The van der Waals surface area contributed by atoms with Crippen molar-refractivity contribution < 1.29 is 17.6 Å². The lowest BCUT2D eigenvalue weighted by atomic mass is 9.87. The third kappa shape index (κ3) is 3.19. The highest BCUT2D eigenvalue weighted by Gasteiger charge is 2.41. The van der Waals surface area contributed by atoms with E-state index in [1.54, 1.807) is 12.1 Å². The monoisotopic (exact) mass is 325 g/mol. The lowest BCUT2D eigenvalue weighted by Gasteiger charge is -2.25. The van der Waals surface area contributed by atoms with Crippen LogP contribution in [-0.4, -0.2) is 16.1 Å². The topological polar surface area (TPSA) is 51.8 Å². The Morgan fingerprint density at radius 1 is 1.26 bits per heavy atom. The number of alkyl halides is 3. The summed E-state index contributed by atoms with van der Waals surface area (Å²) in [6, 6.07) is 4.54. The van der Waals surface area contributed by atoms with Crippen molar-refractivity contribution in [1.29, 1.82) is 0 Å². The molecule has 0 fully saturated rings. The third-order valence-electron chi connectivity index (χ3n) is 4.12. The number of aryl methyl sites for hydroxylation is 1. The molecule has 0 aliphatic heterocycles. The molecule has 23 heavy (non-hydrogen) atoms. The number of benzene rings is 1. The Morgan fingerprint density at radius 2 is 2.04 bits per heavy atom. The molecule has 7 heteroatoms. The first kappa shape index (κ1) is 15.9. The van der Waals surface area contributed by atoms with Gasteiger partial charge in [0.15, 0.2) is 5.82 Å². The van der Waals surface area contributed by atoms with Crippen molar-refractivity contribution in [2.75, 3.05) is 0 Å². The highest BCUT2D eigenvalue weighted by molar-refractivity contribution is 5.57. The fourth-order valence-corrected chi connectivity index (χ4v) is 2.78. The quantitative estimate of drug-likeness (QED) is 0.861. The van der Waals surface area contributed by atoms with Crippen LogP contribution in [0.4, 0.5) is 17.6 Å². The lowest BCUT2D eigenvalue weighted by Crippen LogP contribution is -2.29. The van der Waals surface area contributed by atoms with E-state index in [1.807, 2.05) is 0 Å². The van der Waals surface area contributed by atoms with E-state index in [2.05, 4.69) is 9.97 Å². The molecule has 1 aliphatic rings. The van der Waals surface area contributed by atoms with Gasteiger partial charge in [-0.3, -0.25) is 0 Å². The molecule has 3 nitrogen and oxygen atoms in total. The highest BCUT2D eigenvalue weighted by Crippen LogP contribution is 2.36. The van der Waals surface area contributed by atoms with Crippen molar-refractivity contribution in [3.8, 4) is 11.4 Å². The van der Waals surface area contributed by atoms with Gasteiger partial charge in [-0.25, -0.2) is 14.4 Å². The van der Waals surface area contributed by atoms with Crippen molar-refractivity contribution in [2.24, 2.45) is 11.7 Å². The Kier molecular flexibility index (Phi) is 4.06. The largest absolute Gasteiger partial charge is 0.392 e. The van der Waals surface area contributed by atoms with Crippen LogP contribution in [0.5, 0.6) is 0 Å². The van der Waals surface area contributed by atoms with Crippen LogP contribution in [0.15, 0.2) is 24.4 Å². The number of hydrogen-bond donors (Lipinski definition) is 1. The van der Waals surface area contributed by atoms with Gasteiger partial charge in [-0.05, 0) is 42.5 Å². The van der Waals surface area contributed by atoms with Gasteiger partial charge < -0.3 is 5.73 Å². The van der Waals surface area contributed by atoms with Crippen LogP contribution < -0.4 is 5.73 Å². The average Bonchev–Trinajstić information content (AvgIpc) is 2.53. The molecule has 1 aliphatic carbocycles. The molecule has 2 aromatic rings. The van der Waals surface area contributed by atoms with Gasteiger partial charge in [0.05, 0.1) is 11.5 Å². The summed E-state index contributed by atoms with van der Waals surface area (Å²) in [6.07, 6.45) is -2.72. The molecule has 0 saturated heterocycles. The van der Waals surface area contributed by atoms with Crippen LogP contribution in [0.25, 0.3) is 11.4 Å². The second kappa shape index (κ2) is 5.88. The molecular formula is C16H15F4N3. The number of aromatic nitrogens is 2. The highest BCUT2D eigenvalue weighted by atomic mass is 19.4. The van der Waals surface area contributed by atoms with Gasteiger partial charge in [0.25, 0.3) is 0 Å². The number of nitrogens with two attached hydrogens (primary N) is 1. The van der Waals surface area contributed by atoms with E-state index in [0.717, 1.165) is 0 Å². The zero-order valence-electron chi connectivity index (χ0n) is 12.2. The molecule has 1 aromatic heterocycles. The normalized spacial score (nSPS) is 17.9. The van der Waals surface area contributed by atoms with Gasteiger partial charge in [-0.15, -0.1) is 0 Å². The van der Waals surface area contributed by atoms with Crippen molar-refractivity contribution in [3.05, 3.63) is 47.0 Å². The third-order valence-corrected chi connectivity index (χ3v) is 4.12. The van der Waals surface area contributed by atoms with Crippen molar-refractivity contribution in [1.82, 2.24) is 9.97 Å². The molecule has 122 valence electrons. The van der Waals surface area contributed by atoms with Gasteiger partial charge in [0.1, 0.15) is 5.82 Å². The molecule has 3 rings (SSSR count). The van der Waals surface area contributed by atoms with E-state index >= 15 is 0 Å². The molecule has 0 saturated carbocycles. The molecule has 2 N–H and O–H groups in total. The van der Waals surface area contributed by atoms with Gasteiger partial charge in [-0.1, -0.05) is 6.07 Å². The smallest absolute Gasteiger partial charge is 0.326 e. The Morgan fingerprint density at radius 3 is 2.70 bits per heavy atom. The number of nitrogens with zero attached hydrogens (tertiary/aromatic N) is 2. The Balaban J connectivity index is 1.91. The van der Waals surface area contributed by atoms with E-state index in [0.29, 0.717) is 16.8 Å². The first-order valence-corrected chi connectivity index (χ1v) is 7.29. The molecule has 0 spiro atoms. The minimum Gasteiger partial charge on any atom is -0.326 e. The standard InChI is InChI=1S/C16H15F4N3/c17-13-5-9(7-21)1-3-12(13)15-22-8-10-6-11(16(18,19)20)2-4-14(10)23-15/h1,3,5,8,11H,2,4,6-7,21H2. The Bertz CT molecular complexity index is 728. The van der Waals surface area contributed by atoms with E-state index in [9.17, 15) is 17.6 Å². The molecule has 1 heterocycles. The number of halogens is 4. The number of fused-ring (bicyclic) bond motifs is 1. The van der Waals surface area contributed by atoms with Gasteiger partial charge >= 0.3 is 6.18 Å². The maximum atomic E-state index is 14.1. The molecule has 0 amide bonds. The summed E-state index contributed by atoms with van der Waals surface area (Å²) in [6.45, 7) is 0.223. The molecule has 0 bridgehead atoms. The molecule has 0 radical (unpaired) electrons. The van der Waals surface area contributed by atoms with E-state index in [-0.39, 0.29) is 37.2 Å². The summed E-state index contributed by atoms with van der Waals surface area (Å²) in [5, 5.41) is 0. The lowest BCUT2D eigenvalue weighted by molar-refractivity contribution is -0.177. The summed E-state index contributed by atoms with van der Waals surface area (Å²) < 4.78 is 52.5. The summed E-state index contributed by atoms with van der Waals surface area (Å²) in [4.78, 5) is 8.31. The number of rotatable bonds is 2. The Hall–Kier alpha value is -2.02. The number of hydrogen-bond acceptors (Lipinski definition) is 3. The van der Waals surface area contributed by atoms with Gasteiger partial charge in [0.2, 0.25) is 0 Å². The molecular weight excluding hydrogens is 310 g/mol. The first-order valence-electron chi connectivity index (χ1n) is 7.29. The summed E-state index contributed by atoms with van der Waals surface area (Å²) in [5.41, 5.74) is 7.39. The second-order valence-electron chi connectivity index (χ2n) is 5.67. The zero-order chi connectivity index (χ0) is 16.6. The SMILES string of the molecule is NCc1ccc(-c2ncc3c(n2)CCC(C(F)(F)F)C3)c(F)c1. The fourth-order valence-electron chi connectivity index (χ4n) is 2.78. The fraction of sp³-hybridized carbons (Fsp3) is 0.375. The zero-order valence-corrected chi connectivity index (χ0v) is 12.2.